The van der Waals surface area contributed by atoms with Crippen LogP contribution in [0.15, 0.2) is 35.3 Å². The van der Waals surface area contributed by atoms with E-state index >= 15 is 0 Å². The van der Waals surface area contributed by atoms with Crippen LogP contribution in [0.1, 0.15) is 38.6 Å². The summed E-state index contributed by atoms with van der Waals surface area (Å²) in [5, 5.41) is 0. The highest BCUT2D eigenvalue weighted by Gasteiger charge is 2.31. The SMILES string of the molecule is CCC1CCC(CN)C(n2c(=O)cnc3ccccc32)C1. The maximum atomic E-state index is 12.4. The van der Waals surface area contributed by atoms with Crippen LogP contribution in [-0.2, 0) is 0 Å². The zero-order valence-corrected chi connectivity index (χ0v) is 12.5. The molecule has 1 aliphatic rings. The quantitative estimate of drug-likeness (QED) is 0.943. The fourth-order valence-electron chi connectivity index (χ4n) is 3.68. The molecule has 0 aliphatic heterocycles. The maximum absolute atomic E-state index is 12.4. The van der Waals surface area contributed by atoms with E-state index in [0.717, 1.165) is 23.9 Å². The van der Waals surface area contributed by atoms with Gasteiger partial charge in [-0.25, -0.2) is 4.98 Å². The third-order valence-corrected chi connectivity index (χ3v) is 4.97. The number of rotatable bonds is 3. The standard InChI is InChI=1S/C17H23N3O/c1-2-12-7-8-13(10-18)16(9-12)20-15-6-4-3-5-14(15)19-11-17(20)21/h3-6,11-13,16H,2,7-10,18H2,1H3. The summed E-state index contributed by atoms with van der Waals surface area (Å²) in [6.07, 6.45) is 6.01. The van der Waals surface area contributed by atoms with Gasteiger partial charge >= 0.3 is 0 Å². The summed E-state index contributed by atoms with van der Waals surface area (Å²) in [5.74, 6) is 1.08. The first-order valence-electron chi connectivity index (χ1n) is 7.91. The molecule has 4 nitrogen and oxygen atoms in total. The van der Waals surface area contributed by atoms with Gasteiger partial charge in [-0.1, -0.05) is 25.5 Å². The lowest BCUT2D eigenvalue weighted by atomic mass is 9.77. The molecular weight excluding hydrogens is 262 g/mol. The monoisotopic (exact) mass is 285 g/mol. The van der Waals surface area contributed by atoms with Crippen LogP contribution in [-0.4, -0.2) is 16.1 Å². The normalized spacial score (nSPS) is 26.1. The summed E-state index contributed by atoms with van der Waals surface area (Å²) < 4.78 is 1.95. The number of nitrogens with zero attached hydrogens (tertiary/aromatic N) is 2. The van der Waals surface area contributed by atoms with E-state index in [0.29, 0.717) is 18.4 Å². The number of para-hydroxylation sites is 2. The lowest BCUT2D eigenvalue weighted by Gasteiger charge is -2.37. The van der Waals surface area contributed by atoms with Crippen LogP contribution in [0.4, 0.5) is 0 Å². The number of hydrogen-bond acceptors (Lipinski definition) is 3. The number of hydrogen-bond donors (Lipinski definition) is 1. The second-order valence-electron chi connectivity index (χ2n) is 6.11. The molecule has 3 atom stereocenters. The van der Waals surface area contributed by atoms with E-state index in [2.05, 4.69) is 11.9 Å². The molecule has 2 aromatic rings. The molecule has 3 rings (SSSR count). The smallest absolute Gasteiger partial charge is 0.269 e. The van der Waals surface area contributed by atoms with Crippen molar-refractivity contribution < 1.29 is 0 Å². The van der Waals surface area contributed by atoms with Crippen molar-refractivity contribution in [2.45, 2.75) is 38.6 Å². The first-order valence-corrected chi connectivity index (χ1v) is 7.91. The Morgan fingerprint density at radius 1 is 1.33 bits per heavy atom. The molecular formula is C17H23N3O. The zero-order chi connectivity index (χ0) is 14.8. The lowest BCUT2D eigenvalue weighted by Crippen LogP contribution is -2.37. The summed E-state index contributed by atoms with van der Waals surface area (Å²) in [6.45, 7) is 2.88. The van der Waals surface area contributed by atoms with Crippen molar-refractivity contribution in [2.24, 2.45) is 17.6 Å². The molecule has 1 heterocycles. The minimum absolute atomic E-state index is 0.00565. The van der Waals surface area contributed by atoms with Gasteiger partial charge in [-0.05, 0) is 49.8 Å². The van der Waals surface area contributed by atoms with Crippen LogP contribution in [0.25, 0.3) is 11.0 Å². The molecule has 0 spiro atoms. The first-order chi connectivity index (χ1) is 10.2. The molecule has 21 heavy (non-hydrogen) atoms. The van der Waals surface area contributed by atoms with Crippen LogP contribution in [0.5, 0.6) is 0 Å². The average Bonchev–Trinajstić information content (AvgIpc) is 2.54. The summed E-state index contributed by atoms with van der Waals surface area (Å²) >= 11 is 0. The van der Waals surface area contributed by atoms with E-state index in [9.17, 15) is 4.79 Å². The zero-order valence-electron chi connectivity index (χ0n) is 12.5. The van der Waals surface area contributed by atoms with Gasteiger partial charge in [-0.15, -0.1) is 0 Å². The molecule has 1 aromatic heterocycles. The van der Waals surface area contributed by atoms with Gasteiger partial charge in [0, 0.05) is 6.04 Å². The van der Waals surface area contributed by atoms with E-state index in [1.54, 1.807) is 0 Å². The molecule has 112 valence electrons. The van der Waals surface area contributed by atoms with Crippen molar-refractivity contribution in [1.82, 2.24) is 9.55 Å². The van der Waals surface area contributed by atoms with Crippen molar-refractivity contribution in [2.75, 3.05) is 6.54 Å². The Balaban J connectivity index is 2.12. The molecule has 1 aromatic carbocycles. The van der Waals surface area contributed by atoms with Crippen LogP contribution < -0.4 is 11.3 Å². The van der Waals surface area contributed by atoms with Crippen molar-refractivity contribution in [3.05, 3.63) is 40.8 Å². The molecule has 0 radical (unpaired) electrons. The summed E-state index contributed by atoms with van der Waals surface area (Å²) in [4.78, 5) is 16.7. The Labute approximate surface area is 125 Å². The van der Waals surface area contributed by atoms with E-state index < -0.39 is 0 Å². The predicted molar refractivity (Wildman–Crippen MR) is 85.2 cm³/mol. The number of fused-ring (bicyclic) bond motifs is 1. The van der Waals surface area contributed by atoms with Crippen molar-refractivity contribution in [1.29, 1.82) is 0 Å². The van der Waals surface area contributed by atoms with Gasteiger partial charge in [0.05, 0.1) is 17.2 Å². The average molecular weight is 285 g/mol. The summed E-state index contributed by atoms with van der Waals surface area (Å²) in [5.41, 5.74) is 7.79. The molecule has 0 saturated heterocycles. The molecule has 0 amide bonds. The highest BCUT2D eigenvalue weighted by Crippen LogP contribution is 2.38. The van der Waals surface area contributed by atoms with Gasteiger partial charge in [0.1, 0.15) is 0 Å². The summed E-state index contributed by atoms with van der Waals surface area (Å²) in [6, 6.07) is 8.09. The summed E-state index contributed by atoms with van der Waals surface area (Å²) in [7, 11) is 0. The highest BCUT2D eigenvalue weighted by molar-refractivity contribution is 5.74. The molecule has 3 unspecified atom stereocenters. The van der Waals surface area contributed by atoms with Crippen molar-refractivity contribution in [3.8, 4) is 0 Å². The van der Waals surface area contributed by atoms with Crippen LogP contribution in [0.3, 0.4) is 0 Å². The van der Waals surface area contributed by atoms with Gasteiger partial charge in [0.25, 0.3) is 5.56 Å². The second-order valence-corrected chi connectivity index (χ2v) is 6.11. The Morgan fingerprint density at radius 2 is 2.14 bits per heavy atom. The van der Waals surface area contributed by atoms with Gasteiger partial charge in [0.2, 0.25) is 0 Å². The van der Waals surface area contributed by atoms with Gasteiger partial charge in [0.15, 0.2) is 0 Å². The minimum Gasteiger partial charge on any atom is -0.330 e. The Bertz CT molecular complexity index is 679. The molecule has 1 aliphatic carbocycles. The van der Waals surface area contributed by atoms with Crippen LogP contribution >= 0.6 is 0 Å². The Hall–Kier alpha value is -1.68. The van der Waals surface area contributed by atoms with Gasteiger partial charge < -0.3 is 10.3 Å². The molecule has 2 N–H and O–H groups in total. The third kappa shape index (κ3) is 2.60. The topological polar surface area (TPSA) is 60.9 Å². The Kier molecular flexibility index (Phi) is 4.06. The Morgan fingerprint density at radius 3 is 2.90 bits per heavy atom. The number of benzene rings is 1. The molecule has 1 fully saturated rings. The molecule has 1 saturated carbocycles. The maximum Gasteiger partial charge on any atom is 0.269 e. The van der Waals surface area contributed by atoms with E-state index in [4.69, 9.17) is 5.73 Å². The van der Waals surface area contributed by atoms with Gasteiger partial charge in [-0.3, -0.25) is 4.79 Å². The van der Waals surface area contributed by atoms with E-state index in [1.165, 1.54) is 19.0 Å². The fraction of sp³-hybridized carbons (Fsp3) is 0.529. The third-order valence-electron chi connectivity index (χ3n) is 4.97. The molecule has 0 bridgehead atoms. The largest absolute Gasteiger partial charge is 0.330 e. The highest BCUT2D eigenvalue weighted by atomic mass is 16.1. The molecule has 4 heteroatoms. The van der Waals surface area contributed by atoms with Crippen molar-refractivity contribution in [3.63, 3.8) is 0 Å². The minimum atomic E-state index is -0.00565. The van der Waals surface area contributed by atoms with Crippen LogP contribution in [0.2, 0.25) is 0 Å². The van der Waals surface area contributed by atoms with Crippen LogP contribution in [0, 0.1) is 11.8 Å². The second kappa shape index (κ2) is 5.98. The first kappa shape index (κ1) is 14.3. The van der Waals surface area contributed by atoms with E-state index in [-0.39, 0.29) is 11.6 Å². The number of nitrogens with two attached hydrogens (primary N) is 1. The lowest BCUT2D eigenvalue weighted by molar-refractivity contribution is 0.185. The predicted octanol–water partition coefficient (Wildman–Crippen LogP) is 2.72. The number of aromatic nitrogens is 2. The van der Waals surface area contributed by atoms with E-state index in [1.807, 2.05) is 28.8 Å². The van der Waals surface area contributed by atoms with Crippen molar-refractivity contribution >= 4 is 11.0 Å². The fourth-order valence-corrected chi connectivity index (χ4v) is 3.68. The van der Waals surface area contributed by atoms with Gasteiger partial charge in [-0.2, -0.15) is 0 Å².